The third-order valence-electron chi connectivity index (χ3n) is 1.72. The van der Waals surface area contributed by atoms with Crippen molar-refractivity contribution in [1.82, 2.24) is 14.8 Å². The molecule has 0 unspecified atom stereocenters. The highest BCUT2D eigenvalue weighted by atomic mass is 79.9. The van der Waals surface area contributed by atoms with Gasteiger partial charge in [-0.25, -0.2) is 9.67 Å². The highest BCUT2D eigenvalue weighted by Crippen LogP contribution is 2.22. The van der Waals surface area contributed by atoms with Gasteiger partial charge in [-0.1, -0.05) is 0 Å². The standard InChI is InChI=1S/C9H7Br2N3/c1-6-3-13-14(5-6)9-8(11)2-7(10)4-12-9/h2-5H,1H3. The average Bonchev–Trinajstić information content (AvgIpc) is 2.51. The number of rotatable bonds is 1. The van der Waals surface area contributed by atoms with Crippen molar-refractivity contribution >= 4 is 31.9 Å². The summed E-state index contributed by atoms with van der Waals surface area (Å²) in [5, 5.41) is 4.19. The van der Waals surface area contributed by atoms with E-state index in [1.54, 1.807) is 17.1 Å². The van der Waals surface area contributed by atoms with Gasteiger partial charge in [-0.3, -0.25) is 0 Å². The monoisotopic (exact) mass is 315 g/mol. The molecule has 0 aliphatic rings. The van der Waals surface area contributed by atoms with Crippen LogP contribution in [0.1, 0.15) is 5.56 Å². The van der Waals surface area contributed by atoms with Crippen LogP contribution in [-0.2, 0) is 0 Å². The van der Waals surface area contributed by atoms with Gasteiger partial charge in [0.05, 0.1) is 10.7 Å². The minimum atomic E-state index is 0.793. The number of hydrogen-bond acceptors (Lipinski definition) is 2. The minimum absolute atomic E-state index is 0.793. The van der Waals surface area contributed by atoms with Crippen LogP contribution in [-0.4, -0.2) is 14.8 Å². The van der Waals surface area contributed by atoms with Crippen LogP contribution in [0.25, 0.3) is 5.82 Å². The molecule has 2 heterocycles. The highest BCUT2D eigenvalue weighted by Gasteiger charge is 2.05. The van der Waals surface area contributed by atoms with E-state index in [1.807, 2.05) is 19.2 Å². The van der Waals surface area contributed by atoms with E-state index in [2.05, 4.69) is 41.9 Å². The molecule has 0 atom stereocenters. The molecule has 72 valence electrons. The molecule has 2 rings (SSSR count). The van der Waals surface area contributed by atoms with Gasteiger partial charge in [-0.15, -0.1) is 0 Å². The van der Waals surface area contributed by atoms with Crippen molar-refractivity contribution in [1.29, 1.82) is 0 Å². The molecule has 0 bridgehead atoms. The van der Waals surface area contributed by atoms with E-state index >= 15 is 0 Å². The van der Waals surface area contributed by atoms with E-state index in [1.165, 1.54) is 0 Å². The van der Waals surface area contributed by atoms with Gasteiger partial charge in [0, 0.05) is 16.9 Å². The number of nitrogens with zero attached hydrogens (tertiary/aromatic N) is 3. The van der Waals surface area contributed by atoms with Crippen molar-refractivity contribution in [2.24, 2.45) is 0 Å². The van der Waals surface area contributed by atoms with Crippen LogP contribution in [0, 0.1) is 6.92 Å². The molecule has 2 aromatic heterocycles. The van der Waals surface area contributed by atoms with Crippen molar-refractivity contribution in [2.45, 2.75) is 6.92 Å². The maximum absolute atomic E-state index is 4.27. The lowest BCUT2D eigenvalue weighted by Gasteiger charge is -2.02. The largest absolute Gasteiger partial charge is 0.235 e. The molecule has 0 aromatic carbocycles. The number of hydrogen-bond donors (Lipinski definition) is 0. The van der Waals surface area contributed by atoms with E-state index < -0.39 is 0 Å². The summed E-state index contributed by atoms with van der Waals surface area (Å²) >= 11 is 6.79. The Hall–Kier alpha value is -0.680. The summed E-state index contributed by atoms with van der Waals surface area (Å²) in [6.07, 6.45) is 5.48. The fraction of sp³-hybridized carbons (Fsp3) is 0.111. The molecule has 0 fully saturated rings. The van der Waals surface area contributed by atoms with Gasteiger partial charge in [-0.05, 0) is 50.4 Å². The molecule has 3 nitrogen and oxygen atoms in total. The van der Waals surface area contributed by atoms with Gasteiger partial charge < -0.3 is 0 Å². The zero-order valence-electron chi connectivity index (χ0n) is 7.41. The second-order valence-electron chi connectivity index (χ2n) is 2.92. The van der Waals surface area contributed by atoms with E-state index in [0.29, 0.717) is 0 Å². The molecule has 0 N–H and O–H groups in total. The van der Waals surface area contributed by atoms with E-state index in [-0.39, 0.29) is 0 Å². The number of pyridine rings is 1. The zero-order chi connectivity index (χ0) is 10.1. The summed E-state index contributed by atoms with van der Waals surface area (Å²) in [6, 6.07) is 1.94. The fourth-order valence-electron chi connectivity index (χ4n) is 1.10. The smallest absolute Gasteiger partial charge is 0.167 e. The van der Waals surface area contributed by atoms with Crippen molar-refractivity contribution < 1.29 is 0 Å². The second kappa shape index (κ2) is 3.82. The van der Waals surface area contributed by atoms with Gasteiger partial charge >= 0.3 is 0 Å². The van der Waals surface area contributed by atoms with E-state index in [0.717, 1.165) is 20.3 Å². The van der Waals surface area contributed by atoms with Crippen LogP contribution in [0.5, 0.6) is 0 Å². The SMILES string of the molecule is Cc1cnn(-c2ncc(Br)cc2Br)c1. The molecule has 2 aromatic rings. The lowest BCUT2D eigenvalue weighted by Crippen LogP contribution is -1.98. The Morgan fingerprint density at radius 3 is 2.64 bits per heavy atom. The maximum atomic E-state index is 4.27. The molecule has 0 saturated heterocycles. The first-order valence-electron chi connectivity index (χ1n) is 3.99. The summed E-state index contributed by atoms with van der Waals surface area (Å²) in [7, 11) is 0. The normalized spacial score (nSPS) is 10.5. The molecule has 5 heteroatoms. The molecule has 0 amide bonds. The van der Waals surface area contributed by atoms with Crippen LogP contribution in [0.4, 0.5) is 0 Å². The lowest BCUT2D eigenvalue weighted by molar-refractivity contribution is 0.840. The van der Waals surface area contributed by atoms with E-state index in [9.17, 15) is 0 Å². The molecule has 0 aliphatic heterocycles. The summed E-state index contributed by atoms with van der Waals surface area (Å²) in [5.74, 6) is 0.793. The van der Waals surface area contributed by atoms with Crippen LogP contribution >= 0.6 is 31.9 Å². The molecule has 0 radical (unpaired) electrons. The number of aromatic nitrogens is 3. The molecular formula is C9H7Br2N3. The van der Waals surface area contributed by atoms with Gasteiger partial charge in [0.2, 0.25) is 0 Å². The van der Waals surface area contributed by atoms with Crippen molar-refractivity contribution in [2.75, 3.05) is 0 Å². The zero-order valence-corrected chi connectivity index (χ0v) is 10.6. The molecule has 14 heavy (non-hydrogen) atoms. The molecule has 0 aliphatic carbocycles. The predicted octanol–water partition coefficient (Wildman–Crippen LogP) is 3.10. The van der Waals surface area contributed by atoms with Crippen LogP contribution in [0.2, 0.25) is 0 Å². The Morgan fingerprint density at radius 1 is 1.29 bits per heavy atom. The Morgan fingerprint density at radius 2 is 2.07 bits per heavy atom. The highest BCUT2D eigenvalue weighted by molar-refractivity contribution is 9.11. The minimum Gasteiger partial charge on any atom is -0.235 e. The first kappa shape index (κ1) is 9.86. The summed E-state index contributed by atoms with van der Waals surface area (Å²) in [5.41, 5.74) is 1.11. The van der Waals surface area contributed by atoms with Crippen molar-refractivity contribution in [3.8, 4) is 5.82 Å². The van der Waals surface area contributed by atoms with Crippen molar-refractivity contribution in [3.63, 3.8) is 0 Å². The van der Waals surface area contributed by atoms with Gasteiger partial charge in [0.25, 0.3) is 0 Å². The van der Waals surface area contributed by atoms with Gasteiger partial charge in [0.15, 0.2) is 5.82 Å². The maximum Gasteiger partial charge on any atom is 0.167 e. The van der Waals surface area contributed by atoms with Crippen LogP contribution < -0.4 is 0 Å². The molecule has 0 saturated carbocycles. The van der Waals surface area contributed by atoms with Crippen LogP contribution in [0.15, 0.2) is 33.6 Å². The van der Waals surface area contributed by atoms with Gasteiger partial charge in [-0.2, -0.15) is 5.10 Å². The number of aryl methyl sites for hydroxylation is 1. The predicted molar refractivity (Wildman–Crippen MR) is 61.5 cm³/mol. The van der Waals surface area contributed by atoms with Crippen LogP contribution in [0.3, 0.4) is 0 Å². The first-order valence-corrected chi connectivity index (χ1v) is 5.58. The van der Waals surface area contributed by atoms with Gasteiger partial charge in [0.1, 0.15) is 0 Å². The Kier molecular flexibility index (Phi) is 2.69. The second-order valence-corrected chi connectivity index (χ2v) is 4.69. The average molecular weight is 317 g/mol. The summed E-state index contributed by atoms with van der Waals surface area (Å²) in [6.45, 7) is 2.00. The first-order chi connectivity index (χ1) is 6.66. The van der Waals surface area contributed by atoms with Crippen molar-refractivity contribution in [3.05, 3.63) is 39.2 Å². The third kappa shape index (κ3) is 1.88. The molecular weight excluding hydrogens is 310 g/mol. The quantitative estimate of drug-likeness (QED) is 0.809. The lowest BCUT2D eigenvalue weighted by atomic mass is 10.4. The third-order valence-corrected chi connectivity index (χ3v) is 2.73. The summed E-state index contributed by atoms with van der Waals surface area (Å²) in [4.78, 5) is 4.27. The van der Waals surface area contributed by atoms with E-state index in [4.69, 9.17) is 0 Å². The Balaban J connectivity index is 2.52. The Bertz CT molecular complexity index is 465. The topological polar surface area (TPSA) is 30.7 Å². The Labute approximate surface area is 98.4 Å². The number of halogens is 2. The fourth-order valence-corrected chi connectivity index (χ4v) is 2.27. The summed E-state index contributed by atoms with van der Waals surface area (Å²) < 4.78 is 3.60. The molecule has 0 spiro atoms.